The number of ether oxygens (including phenoxy) is 3. The molecule has 1 atom stereocenters. The molecule has 0 aliphatic heterocycles. The van der Waals surface area contributed by atoms with Crippen LogP contribution in [0.4, 0.5) is 36.4 Å². The molecule has 4 N–H and O–H groups in total. The molecule has 1 aromatic heterocycles. The highest BCUT2D eigenvalue weighted by molar-refractivity contribution is 6.40. The number of hydrogen-bond acceptors (Lipinski definition) is 12. The third kappa shape index (κ3) is 10.8. The SMILES string of the molecule is COC(=O)[C@H](CCC(=O)C(=O)Nc1cccc(OC)c1)NC(=O)c1ccc(Nc2nc(NC3(c4ccc(Cl)cc4)CC3)nc(OCC(F)(F)F)n2)cc1. The van der Waals surface area contributed by atoms with Crippen LogP contribution >= 0.6 is 11.6 Å². The highest BCUT2D eigenvalue weighted by Gasteiger charge is 2.45. The molecule has 278 valence electrons. The largest absolute Gasteiger partial charge is 0.497 e. The number of methoxy groups -OCH3 is 2. The number of nitrogens with one attached hydrogen (secondary N) is 4. The van der Waals surface area contributed by atoms with Gasteiger partial charge in [0, 0.05) is 34.4 Å². The second kappa shape index (κ2) is 16.6. The van der Waals surface area contributed by atoms with Gasteiger partial charge in [-0.05, 0) is 73.4 Å². The van der Waals surface area contributed by atoms with Crippen LogP contribution in [0, 0.1) is 0 Å². The second-order valence-corrected chi connectivity index (χ2v) is 12.2. The number of ketones is 1. The number of Topliss-reactive ketones (excluding diaryl/α,β-unsaturated/α-hetero) is 1. The zero-order valence-electron chi connectivity index (χ0n) is 28.3. The molecular weight excluding hydrogens is 723 g/mol. The van der Waals surface area contributed by atoms with Crippen LogP contribution in [0.1, 0.15) is 41.6 Å². The second-order valence-electron chi connectivity index (χ2n) is 11.8. The molecule has 0 saturated heterocycles. The molecule has 1 heterocycles. The van der Waals surface area contributed by atoms with Gasteiger partial charge in [-0.3, -0.25) is 14.4 Å². The first-order chi connectivity index (χ1) is 25.3. The van der Waals surface area contributed by atoms with Gasteiger partial charge in [-0.1, -0.05) is 29.8 Å². The van der Waals surface area contributed by atoms with Gasteiger partial charge in [-0.25, -0.2) is 4.79 Å². The maximum atomic E-state index is 13.1. The number of alkyl halides is 3. The molecule has 0 unspecified atom stereocenters. The zero-order chi connectivity index (χ0) is 38.2. The lowest BCUT2D eigenvalue weighted by atomic mass is 10.1. The molecule has 1 fully saturated rings. The molecule has 5 rings (SSSR count). The van der Waals surface area contributed by atoms with Gasteiger partial charge in [0.25, 0.3) is 11.8 Å². The summed E-state index contributed by atoms with van der Waals surface area (Å²) in [6, 6.07) is 17.4. The van der Waals surface area contributed by atoms with Crippen LogP contribution in [0.5, 0.6) is 11.8 Å². The van der Waals surface area contributed by atoms with Gasteiger partial charge in [-0.2, -0.15) is 28.1 Å². The number of anilines is 4. The predicted octanol–water partition coefficient (Wildman–Crippen LogP) is 5.58. The summed E-state index contributed by atoms with van der Waals surface area (Å²) < 4.78 is 53.5. The van der Waals surface area contributed by atoms with Crippen LogP contribution < -0.4 is 30.7 Å². The first-order valence-corrected chi connectivity index (χ1v) is 16.4. The summed E-state index contributed by atoms with van der Waals surface area (Å²) in [7, 11) is 2.57. The molecule has 14 nitrogen and oxygen atoms in total. The average Bonchev–Trinajstić information content (AvgIpc) is 3.92. The Labute approximate surface area is 305 Å². The minimum absolute atomic E-state index is 0.0340. The molecule has 53 heavy (non-hydrogen) atoms. The van der Waals surface area contributed by atoms with Gasteiger partial charge < -0.3 is 35.5 Å². The Balaban J connectivity index is 1.23. The summed E-state index contributed by atoms with van der Waals surface area (Å²) >= 11 is 6.02. The number of hydrogen-bond donors (Lipinski definition) is 4. The van der Waals surface area contributed by atoms with E-state index in [9.17, 15) is 32.3 Å². The molecule has 2 amide bonds. The summed E-state index contributed by atoms with van der Waals surface area (Å²) in [5.41, 5.74) is 1.12. The van der Waals surface area contributed by atoms with Crippen molar-refractivity contribution in [2.45, 2.75) is 43.4 Å². The summed E-state index contributed by atoms with van der Waals surface area (Å²) in [6.07, 6.45) is -3.83. The number of halogens is 4. The van der Waals surface area contributed by atoms with Crippen molar-refractivity contribution in [2.24, 2.45) is 0 Å². The highest BCUT2D eigenvalue weighted by atomic mass is 35.5. The Kier molecular flexibility index (Phi) is 12.0. The van der Waals surface area contributed by atoms with Gasteiger partial charge in [-0.15, -0.1) is 0 Å². The first-order valence-electron chi connectivity index (χ1n) is 16.0. The molecular formula is C35H33ClF3N7O7. The molecule has 4 aromatic rings. The number of nitrogens with zero attached hydrogens (tertiary/aromatic N) is 3. The summed E-state index contributed by atoms with van der Waals surface area (Å²) in [6.45, 7) is -1.63. The van der Waals surface area contributed by atoms with Crippen LogP contribution in [0.3, 0.4) is 0 Å². The first kappa shape index (κ1) is 38.3. The molecule has 18 heteroatoms. The summed E-state index contributed by atoms with van der Waals surface area (Å²) in [5.74, 6) is -2.96. The van der Waals surface area contributed by atoms with Crippen molar-refractivity contribution in [1.82, 2.24) is 20.3 Å². The van der Waals surface area contributed by atoms with E-state index in [1.165, 1.54) is 37.4 Å². The number of esters is 1. The normalized spacial score (nSPS) is 13.5. The van der Waals surface area contributed by atoms with Crippen LogP contribution in [0.2, 0.25) is 5.02 Å². The number of aromatic nitrogens is 3. The molecule has 1 saturated carbocycles. The van der Waals surface area contributed by atoms with E-state index in [0.29, 0.717) is 35.0 Å². The Bertz CT molecular complexity index is 1960. The molecule has 3 aromatic carbocycles. The predicted molar refractivity (Wildman–Crippen MR) is 186 cm³/mol. The third-order valence-corrected chi connectivity index (χ3v) is 8.16. The minimum Gasteiger partial charge on any atom is -0.497 e. The standard InChI is InChI=1S/C35H33ClF3N7O7/c1-51-25-5-3-4-24(18-25)40-29(49)27(47)15-14-26(30(50)52-2)42-28(48)20-6-12-23(13-7-20)41-31-43-32(45-33(44-31)53-19-35(37,38)39)46-34(16-17-34)21-8-10-22(36)11-9-21/h3-13,18,26H,14-17,19H2,1-2H3,(H,40,49)(H,42,48)(H2,41,43,44,45,46)/t26-/m0/s1. The van der Waals surface area contributed by atoms with Crippen LogP contribution in [0.25, 0.3) is 0 Å². The number of carbonyl (C=O) groups is 4. The monoisotopic (exact) mass is 755 g/mol. The van der Waals surface area contributed by atoms with Crippen molar-refractivity contribution in [2.75, 3.05) is 36.8 Å². The quantitative estimate of drug-likeness (QED) is 0.0825. The van der Waals surface area contributed by atoms with Crippen LogP contribution in [-0.4, -0.2) is 71.6 Å². The van der Waals surface area contributed by atoms with E-state index < -0.39 is 53.9 Å². The van der Waals surface area contributed by atoms with E-state index in [1.807, 2.05) is 12.1 Å². The van der Waals surface area contributed by atoms with Crippen molar-refractivity contribution < 1.29 is 46.6 Å². The van der Waals surface area contributed by atoms with E-state index in [2.05, 4.69) is 36.2 Å². The lowest BCUT2D eigenvalue weighted by Crippen LogP contribution is -2.42. The zero-order valence-corrected chi connectivity index (χ0v) is 29.0. The van der Waals surface area contributed by atoms with Crippen molar-refractivity contribution in [3.8, 4) is 11.8 Å². The number of benzene rings is 3. The van der Waals surface area contributed by atoms with E-state index in [4.69, 9.17) is 25.8 Å². The summed E-state index contributed by atoms with van der Waals surface area (Å²) in [5, 5.41) is 11.6. The topological polar surface area (TPSA) is 183 Å². The fourth-order valence-corrected chi connectivity index (χ4v) is 5.16. The Morgan fingerprint density at radius 2 is 1.60 bits per heavy atom. The molecule has 1 aliphatic carbocycles. The van der Waals surface area contributed by atoms with E-state index in [0.717, 1.165) is 12.7 Å². The maximum Gasteiger partial charge on any atom is 0.422 e. The van der Waals surface area contributed by atoms with E-state index >= 15 is 0 Å². The molecule has 0 bridgehead atoms. The maximum absolute atomic E-state index is 13.1. The lowest BCUT2D eigenvalue weighted by molar-refractivity contribution is -0.154. The van der Waals surface area contributed by atoms with Crippen LogP contribution in [0.15, 0.2) is 72.8 Å². The lowest BCUT2D eigenvalue weighted by Gasteiger charge is -2.19. The fraction of sp³-hybridized carbons (Fsp3) is 0.286. The molecule has 0 radical (unpaired) electrons. The van der Waals surface area contributed by atoms with E-state index in [-0.39, 0.29) is 30.3 Å². The van der Waals surface area contributed by atoms with Crippen LogP contribution in [-0.2, 0) is 24.7 Å². The third-order valence-electron chi connectivity index (χ3n) is 7.91. The van der Waals surface area contributed by atoms with Crippen molar-refractivity contribution in [1.29, 1.82) is 0 Å². The number of amides is 2. The fourth-order valence-electron chi connectivity index (χ4n) is 5.03. The smallest absolute Gasteiger partial charge is 0.422 e. The van der Waals surface area contributed by atoms with E-state index in [1.54, 1.807) is 30.3 Å². The molecule has 0 spiro atoms. The van der Waals surface area contributed by atoms with Crippen molar-refractivity contribution >= 4 is 58.4 Å². The van der Waals surface area contributed by atoms with Crippen molar-refractivity contribution in [3.05, 3.63) is 88.9 Å². The Morgan fingerprint density at radius 1 is 0.906 bits per heavy atom. The molecule has 1 aliphatic rings. The van der Waals surface area contributed by atoms with Crippen molar-refractivity contribution in [3.63, 3.8) is 0 Å². The number of rotatable bonds is 16. The number of carbonyl (C=O) groups excluding carboxylic acids is 4. The summed E-state index contributed by atoms with van der Waals surface area (Å²) in [4.78, 5) is 62.8. The minimum atomic E-state index is -4.64. The van der Waals surface area contributed by atoms with Gasteiger partial charge in [0.1, 0.15) is 11.8 Å². The Hall–Kier alpha value is -5.97. The highest BCUT2D eigenvalue weighted by Crippen LogP contribution is 2.48. The van der Waals surface area contributed by atoms with Gasteiger partial charge in [0.2, 0.25) is 17.7 Å². The van der Waals surface area contributed by atoms with Gasteiger partial charge >= 0.3 is 18.2 Å². The van der Waals surface area contributed by atoms with Gasteiger partial charge in [0.15, 0.2) is 6.61 Å². The van der Waals surface area contributed by atoms with Gasteiger partial charge in [0.05, 0.1) is 19.8 Å². The Morgan fingerprint density at radius 3 is 2.25 bits per heavy atom. The average molecular weight is 756 g/mol.